The van der Waals surface area contributed by atoms with Crippen molar-refractivity contribution < 1.29 is 0 Å². The third-order valence-corrected chi connectivity index (χ3v) is 3.29. The van der Waals surface area contributed by atoms with Crippen molar-refractivity contribution in [3.8, 4) is 6.07 Å². The second-order valence-corrected chi connectivity index (χ2v) is 4.58. The minimum absolute atomic E-state index is 0.549. The lowest BCUT2D eigenvalue weighted by atomic mass is 10.2. The summed E-state index contributed by atoms with van der Waals surface area (Å²) in [4.78, 5) is 2.31. The zero-order chi connectivity index (χ0) is 12.4. The number of rotatable bonds is 4. The third kappa shape index (κ3) is 2.00. The lowest BCUT2D eigenvalue weighted by Gasteiger charge is -2.24. The van der Waals surface area contributed by atoms with Gasteiger partial charge in [0.05, 0.1) is 29.9 Å². The average Bonchev–Trinajstić information content (AvgIpc) is 3.24. The van der Waals surface area contributed by atoms with Crippen LogP contribution in [0.1, 0.15) is 19.3 Å². The van der Waals surface area contributed by atoms with Crippen molar-refractivity contribution in [2.24, 2.45) is 0 Å². The van der Waals surface area contributed by atoms with Crippen LogP contribution >= 0.6 is 0 Å². The fraction of sp³-hybridized carbons (Fsp3) is 0.357. The highest BCUT2D eigenvalue weighted by atomic mass is 15.2. The van der Waals surface area contributed by atoms with Crippen LogP contribution in [0.4, 0.5) is 5.69 Å². The van der Waals surface area contributed by atoms with Crippen molar-refractivity contribution in [3.63, 3.8) is 0 Å². The first-order chi connectivity index (χ1) is 8.90. The van der Waals surface area contributed by atoms with E-state index in [0.29, 0.717) is 12.5 Å². The molecule has 3 rings (SSSR count). The molecule has 2 aromatic rings. The lowest BCUT2D eigenvalue weighted by molar-refractivity contribution is 0.792. The highest BCUT2D eigenvalue weighted by Crippen LogP contribution is 2.34. The van der Waals surface area contributed by atoms with Crippen molar-refractivity contribution in [1.82, 2.24) is 10.2 Å². The Morgan fingerprint density at radius 2 is 2.17 bits per heavy atom. The molecule has 0 unspecified atom stereocenters. The number of anilines is 1. The molecule has 0 amide bonds. The van der Waals surface area contributed by atoms with E-state index in [1.807, 2.05) is 24.4 Å². The summed E-state index contributed by atoms with van der Waals surface area (Å²) in [6, 6.07) is 10.8. The Labute approximate surface area is 106 Å². The zero-order valence-corrected chi connectivity index (χ0v) is 10.1. The highest BCUT2D eigenvalue weighted by molar-refractivity contribution is 5.91. The molecule has 0 bridgehead atoms. The molecule has 4 nitrogen and oxygen atoms in total. The molecule has 0 atom stereocenters. The van der Waals surface area contributed by atoms with E-state index < -0.39 is 0 Å². The maximum Gasteiger partial charge on any atom is 0.0950 e. The molecular weight excluding hydrogens is 224 g/mol. The van der Waals surface area contributed by atoms with Crippen molar-refractivity contribution in [2.75, 3.05) is 11.4 Å². The van der Waals surface area contributed by atoms with Gasteiger partial charge in [0.25, 0.3) is 0 Å². The Morgan fingerprint density at radius 1 is 1.33 bits per heavy atom. The minimum atomic E-state index is 0.549. The molecule has 1 fully saturated rings. The van der Waals surface area contributed by atoms with Crippen LogP contribution in [0, 0.1) is 11.3 Å². The van der Waals surface area contributed by atoms with Gasteiger partial charge in [0.1, 0.15) is 0 Å². The minimum Gasteiger partial charge on any atom is -0.366 e. The van der Waals surface area contributed by atoms with E-state index in [4.69, 9.17) is 5.26 Å². The second-order valence-electron chi connectivity index (χ2n) is 4.58. The molecule has 0 saturated heterocycles. The number of aromatic nitrogens is 2. The molecule has 1 aliphatic rings. The second kappa shape index (κ2) is 4.61. The summed E-state index contributed by atoms with van der Waals surface area (Å²) in [5.41, 5.74) is 2.02. The molecule has 1 saturated carbocycles. The molecular formula is C14H14N4. The first kappa shape index (κ1) is 11.0. The Morgan fingerprint density at radius 3 is 2.94 bits per heavy atom. The maximum atomic E-state index is 8.77. The van der Waals surface area contributed by atoms with Gasteiger partial charge in [-0.1, -0.05) is 18.2 Å². The molecule has 1 aromatic carbocycles. The van der Waals surface area contributed by atoms with Gasteiger partial charge in [-0.2, -0.15) is 15.5 Å². The van der Waals surface area contributed by atoms with Crippen LogP contribution in [-0.4, -0.2) is 22.8 Å². The Hall–Kier alpha value is -2.15. The first-order valence-corrected chi connectivity index (χ1v) is 6.24. The molecule has 0 N–H and O–H groups in total. The van der Waals surface area contributed by atoms with Gasteiger partial charge >= 0.3 is 0 Å². The van der Waals surface area contributed by atoms with Crippen LogP contribution in [0.3, 0.4) is 0 Å². The van der Waals surface area contributed by atoms with E-state index in [2.05, 4.69) is 27.2 Å². The van der Waals surface area contributed by atoms with Crippen LogP contribution in [0.25, 0.3) is 10.9 Å². The highest BCUT2D eigenvalue weighted by Gasteiger charge is 2.30. The summed E-state index contributed by atoms with van der Waals surface area (Å²) >= 11 is 0. The molecule has 90 valence electrons. The normalized spacial score (nSPS) is 14.4. The van der Waals surface area contributed by atoms with Gasteiger partial charge in [0.2, 0.25) is 0 Å². The molecule has 0 radical (unpaired) electrons. The lowest BCUT2D eigenvalue weighted by Crippen LogP contribution is -2.27. The van der Waals surface area contributed by atoms with E-state index in [-0.39, 0.29) is 0 Å². The van der Waals surface area contributed by atoms with Gasteiger partial charge in [-0.3, -0.25) is 0 Å². The third-order valence-electron chi connectivity index (χ3n) is 3.29. The largest absolute Gasteiger partial charge is 0.366 e. The fourth-order valence-corrected chi connectivity index (χ4v) is 2.28. The van der Waals surface area contributed by atoms with Gasteiger partial charge in [-0.15, -0.1) is 0 Å². The summed E-state index contributed by atoms with van der Waals surface area (Å²) in [6.07, 6.45) is 4.79. The van der Waals surface area contributed by atoms with Crippen LogP contribution in [0.2, 0.25) is 0 Å². The molecule has 0 aliphatic heterocycles. The number of nitrogens with zero attached hydrogens (tertiary/aromatic N) is 4. The van der Waals surface area contributed by atoms with Crippen molar-refractivity contribution in [2.45, 2.75) is 25.3 Å². The maximum absolute atomic E-state index is 8.77. The summed E-state index contributed by atoms with van der Waals surface area (Å²) < 4.78 is 0. The molecule has 4 heteroatoms. The summed E-state index contributed by atoms with van der Waals surface area (Å²) in [7, 11) is 0. The smallest absolute Gasteiger partial charge is 0.0950 e. The Bertz CT molecular complexity index is 593. The Balaban J connectivity index is 2.03. The molecule has 1 aliphatic carbocycles. The van der Waals surface area contributed by atoms with Crippen LogP contribution in [-0.2, 0) is 0 Å². The summed E-state index contributed by atoms with van der Waals surface area (Å²) in [6.45, 7) is 0.775. The number of hydrogen-bond donors (Lipinski definition) is 0. The van der Waals surface area contributed by atoms with Crippen LogP contribution < -0.4 is 4.90 Å². The molecule has 1 heterocycles. The van der Waals surface area contributed by atoms with E-state index in [0.717, 1.165) is 23.1 Å². The first-order valence-electron chi connectivity index (χ1n) is 6.24. The summed E-state index contributed by atoms with van der Waals surface area (Å²) in [5.74, 6) is 0. The molecule has 1 aromatic heterocycles. The predicted octanol–water partition coefficient (Wildman–Crippen LogP) is 2.51. The van der Waals surface area contributed by atoms with Gasteiger partial charge in [-0.25, -0.2) is 0 Å². The van der Waals surface area contributed by atoms with Gasteiger partial charge < -0.3 is 4.90 Å². The predicted molar refractivity (Wildman–Crippen MR) is 70.1 cm³/mol. The number of hydrogen-bond acceptors (Lipinski definition) is 4. The molecule has 18 heavy (non-hydrogen) atoms. The number of nitriles is 1. The average molecular weight is 238 g/mol. The van der Waals surface area contributed by atoms with E-state index in [9.17, 15) is 0 Å². The monoisotopic (exact) mass is 238 g/mol. The van der Waals surface area contributed by atoms with Crippen molar-refractivity contribution in [1.29, 1.82) is 5.26 Å². The van der Waals surface area contributed by atoms with Crippen LogP contribution in [0.15, 0.2) is 30.5 Å². The number of fused-ring (bicyclic) bond motifs is 1. The van der Waals surface area contributed by atoms with E-state index >= 15 is 0 Å². The van der Waals surface area contributed by atoms with E-state index in [1.165, 1.54) is 12.8 Å². The van der Waals surface area contributed by atoms with Crippen molar-refractivity contribution >= 4 is 16.6 Å². The Kier molecular flexibility index (Phi) is 2.81. The van der Waals surface area contributed by atoms with E-state index in [1.54, 1.807) is 0 Å². The van der Waals surface area contributed by atoms with Gasteiger partial charge in [0, 0.05) is 18.0 Å². The van der Waals surface area contributed by atoms with Gasteiger partial charge in [0.15, 0.2) is 0 Å². The quantitative estimate of drug-likeness (QED) is 0.821. The topological polar surface area (TPSA) is 52.8 Å². The van der Waals surface area contributed by atoms with Gasteiger partial charge in [-0.05, 0) is 18.9 Å². The number of benzene rings is 1. The molecule has 0 spiro atoms. The fourth-order valence-electron chi connectivity index (χ4n) is 2.28. The zero-order valence-electron chi connectivity index (χ0n) is 10.1. The standard InChI is InChI=1S/C14H14N4/c15-8-3-9-18(11-6-7-11)14-10-16-17-13-5-2-1-4-12(13)14/h1-2,4-5,10-11H,3,6-7,9H2. The van der Waals surface area contributed by atoms with Crippen LogP contribution in [0.5, 0.6) is 0 Å². The summed E-state index contributed by atoms with van der Waals surface area (Å²) in [5, 5.41) is 18.1. The SMILES string of the molecule is N#CCCN(c1cnnc2ccccc12)C1CC1. The van der Waals surface area contributed by atoms with Crippen molar-refractivity contribution in [3.05, 3.63) is 30.5 Å².